The van der Waals surface area contributed by atoms with E-state index >= 15 is 0 Å². The van der Waals surface area contributed by atoms with Gasteiger partial charge in [0.2, 0.25) is 11.7 Å². The lowest BCUT2D eigenvalue weighted by atomic mass is 10.2. The van der Waals surface area contributed by atoms with Gasteiger partial charge < -0.3 is 9.80 Å². The molecule has 1 fully saturated rings. The highest BCUT2D eigenvalue weighted by Crippen LogP contribution is 2.19. The van der Waals surface area contributed by atoms with Crippen LogP contribution in [0.2, 0.25) is 5.02 Å². The van der Waals surface area contributed by atoms with Gasteiger partial charge in [0.25, 0.3) is 0 Å². The third-order valence-corrected chi connectivity index (χ3v) is 4.76. The standard InChI is InChI=1S/C17H23ClN6O/c1-3-15(17(25)23-10-4-9-22(2)11-12-23)24-20-16(19-21-24)13-5-7-14(18)8-6-13/h5-8,15H,3-4,9-12H2,1-2H3. The van der Waals surface area contributed by atoms with Crippen LogP contribution < -0.4 is 0 Å². The molecule has 2 heterocycles. The Morgan fingerprint density at radius 3 is 2.68 bits per heavy atom. The van der Waals surface area contributed by atoms with Crippen LogP contribution in [0.15, 0.2) is 24.3 Å². The zero-order chi connectivity index (χ0) is 17.8. The average molecular weight is 363 g/mol. The summed E-state index contributed by atoms with van der Waals surface area (Å²) in [7, 11) is 2.09. The van der Waals surface area contributed by atoms with Gasteiger partial charge in [-0.05, 0) is 55.9 Å². The summed E-state index contributed by atoms with van der Waals surface area (Å²) in [6.07, 6.45) is 1.61. The average Bonchev–Trinajstić information content (AvgIpc) is 2.98. The van der Waals surface area contributed by atoms with E-state index in [1.807, 2.05) is 24.0 Å². The highest BCUT2D eigenvalue weighted by molar-refractivity contribution is 6.30. The molecule has 1 atom stereocenters. The van der Waals surface area contributed by atoms with E-state index in [4.69, 9.17) is 11.6 Å². The summed E-state index contributed by atoms with van der Waals surface area (Å²) in [5.41, 5.74) is 0.828. The largest absolute Gasteiger partial charge is 0.339 e. The van der Waals surface area contributed by atoms with Gasteiger partial charge in [0.1, 0.15) is 0 Å². The van der Waals surface area contributed by atoms with Crippen molar-refractivity contribution in [1.82, 2.24) is 30.0 Å². The second-order valence-electron chi connectivity index (χ2n) is 6.35. The van der Waals surface area contributed by atoms with E-state index in [0.29, 0.717) is 17.3 Å². The lowest BCUT2D eigenvalue weighted by molar-refractivity contribution is -0.135. The highest BCUT2D eigenvalue weighted by Gasteiger charge is 2.28. The second-order valence-corrected chi connectivity index (χ2v) is 6.78. The quantitative estimate of drug-likeness (QED) is 0.833. The van der Waals surface area contributed by atoms with Gasteiger partial charge in [-0.25, -0.2) is 0 Å². The molecule has 1 aromatic heterocycles. The molecule has 7 nitrogen and oxygen atoms in total. The Morgan fingerprint density at radius 2 is 1.96 bits per heavy atom. The van der Waals surface area contributed by atoms with Crippen molar-refractivity contribution < 1.29 is 4.79 Å². The molecule has 0 aliphatic carbocycles. The fourth-order valence-electron chi connectivity index (χ4n) is 2.99. The van der Waals surface area contributed by atoms with Gasteiger partial charge in [0, 0.05) is 30.2 Å². The van der Waals surface area contributed by atoms with Crippen LogP contribution >= 0.6 is 11.6 Å². The fraction of sp³-hybridized carbons (Fsp3) is 0.529. The predicted molar refractivity (Wildman–Crippen MR) is 96.3 cm³/mol. The van der Waals surface area contributed by atoms with Crippen LogP contribution in [-0.2, 0) is 4.79 Å². The third-order valence-electron chi connectivity index (χ3n) is 4.51. The van der Waals surface area contributed by atoms with E-state index in [0.717, 1.165) is 38.2 Å². The molecule has 1 aliphatic rings. The molecule has 1 unspecified atom stereocenters. The summed E-state index contributed by atoms with van der Waals surface area (Å²) in [5.74, 6) is 0.566. The molecule has 1 amide bonds. The molecule has 1 saturated heterocycles. The number of tetrazole rings is 1. The van der Waals surface area contributed by atoms with E-state index < -0.39 is 6.04 Å². The first kappa shape index (κ1) is 17.8. The highest BCUT2D eigenvalue weighted by atomic mass is 35.5. The SMILES string of the molecule is CCC(C(=O)N1CCCN(C)CC1)n1nnc(-c2ccc(Cl)cc2)n1. The Kier molecular flexibility index (Phi) is 5.65. The monoisotopic (exact) mass is 362 g/mol. The molecular weight excluding hydrogens is 340 g/mol. The van der Waals surface area contributed by atoms with Crippen molar-refractivity contribution in [1.29, 1.82) is 0 Å². The zero-order valence-electron chi connectivity index (χ0n) is 14.6. The summed E-state index contributed by atoms with van der Waals surface area (Å²) in [6.45, 7) is 5.40. The lowest BCUT2D eigenvalue weighted by Crippen LogP contribution is -2.40. The number of hydrogen-bond donors (Lipinski definition) is 0. The van der Waals surface area contributed by atoms with Crippen LogP contribution in [0.25, 0.3) is 11.4 Å². The van der Waals surface area contributed by atoms with Crippen molar-refractivity contribution in [3.05, 3.63) is 29.3 Å². The minimum Gasteiger partial charge on any atom is -0.339 e. The smallest absolute Gasteiger partial charge is 0.249 e. The molecule has 0 bridgehead atoms. The number of likely N-dealkylation sites (N-methyl/N-ethyl adjacent to an activating group) is 1. The van der Waals surface area contributed by atoms with Gasteiger partial charge in [0.05, 0.1) is 0 Å². The number of hydrogen-bond acceptors (Lipinski definition) is 5. The van der Waals surface area contributed by atoms with Crippen LogP contribution in [0.5, 0.6) is 0 Å². The maximum atomic E-state index is 12.9. The molecule has 25 heavy (non-hydrogen) atoms. The number of carbonyl (C=O) groups excluding carboxylic acids is 1. The maximum Gasteiger partial charge on any atom is 0.249 e. The Balaban J connectivity index is 1.76. The van der Waals surface area contributed by atoms with Crippen LogP contribution in [0.3, 0.4) is 0 Å². The molecule has 0 spiro atoms. The van der Waals surface area contributed by atoms with Crippen molar-refractivity contribution in [2.75, 3.05) is 33.2 Å². The summed E-state index contributed by atoms with van der Waals surface area (Å²) < 4.78 is 0. The lowest BCUT2D eigenvalue weighted by Gasteiger charge is -2.24. The molecule has 2 aromatic rings. The molecule has 0 saturated carbocycles. The van der Waals surface area contributed by atoms with E-state index in [-0.39, 0.29) is 5.91 Å². The minimum atomic E-state index is -0.419. The van der Waals surface area contributed by atoms with Gasteiger partial charge in [-0.15, -0.1) is 10.2 Å². The number of halogens is 1. The van der Waals surface area contributed by atoms with Crippen LogP contribution in [0.1, 0.15) is 25.8 Å². The summed E-state index contributed by atoms with van der Waals surface area (Å²) in [4.78, 5) is 18.6. The van der Waals surface area contributed by atoms with Gasteiger partial charge in [-0.3, -0.25) is 4.79 Å². The molecule has 134 valence electrons. The van der Waals surface area contributed by atoms with Crippen LogP contribution in [0, 0.1) is 0 Å². The molecule has 1 aliphatic heterocycles. The normalized spacial score (nSPS) is 17.3. The summed E-state index contributed by atoms with van der Waals surface area (Å²) in [6, 6.07) is 6.84. The Hall–Kier alpha value is -1.99. The first-order chi connectivity index (χ1) is 12.1. The number of nitrogens with zero attached hydrogens (tertiary/aromatic N) is 6. The topological polar surface area (TPSA) is 67.2 Å². The van der Waals surface area contributed by atoms with E-state index in [1.54, 1.807) is 12.1 Å². The molecule has 8 heteroatoms. The van der Waals surface area contributed by atoms with Crippen LogP contribution in [0.4, 0.5) is 0 Å². The van der Waals surface area contributed by atoms with Gasteiger partial charge in [0.15, 0.2) is 6.04 Å². The van der Waals surface area contributed by atoms with Crippen molar-refractivity contribution in [3.8, 4) is 11.4 Å². The number of benzene rings is 1. The first-order valence-corrected chi connectivity index (χ1v) is 8.99. The fourth-order valence-corrected chi connectivity index (χ4v) is 3.11. The Morgan fingerprint density at radius 1 is 1.20 bits per heavy atom. The molecule has 1 aromatic carbocycles. The molecule has 0 N–H and O–H groups in total. The Labute approximate surface area is 152 Å². The molecule has 3 rings (SSSR count). The second kappa shape index (κ2) is 7.93. The minimum absolute atomic E-state index is 0.0675. The van der Waals surface area contributed by atoms with Gasteiger partial charge in [-0.1, -0.05) is 18.5 Å². The van der Waals surface area contributed by atoms with Crippen molar-refractivity contribution in [2.24, 2.45) is 0 Å². The van der Waals surface area contributed by atoms with Crippen molar-refractivity contribution in [2.45, 2.75) is 25.8 Å². The van der Waals surface area contributed by atoms with Gasteiger partial charge >= 0.3 is 0 Å². The molecular formula is C17H23ClN6O. The summed E-state index contributed by atoms with van der Waals surface area (Å²) in [5, 5.41) is 13.3. The number of rotatable bonds is 4. The number of aromatic nitrogens is 4. The zero-order valence-corrected chi connectivity index (χ0v) is 15.4. The van der Waals surface area contributed by atoms with Crippen molar-refractivity contribution >= 4 is 17.5 Å². The first-order valence-electron chi connectivity index (χ1n) is 8.61. The van der Waals surface area contributed by atoms with Crippen LogP contribution in [-0.4, -0.2) is 69.1 Å². The molecule has 0 radical (unpaired) electrons. The van der Waals surface area contributed by atoms with E-state index in [9.17, 15) is 4.79 Å². The van der Waals surface area contributed by atoms with Crippen molar-refractivity contribution in [3.63, 3.8) is 0 Å². The maximum absolute atomic E-state index is 12.9. The summed E-state index contributed by atoms with van der Waals surface area (Å²) >= 11 is 5.91. The number of carbonyl (C=O) groups is 1. The van der Waals surface area contributed by atoms with Gasteiger partial charge in [-0.2, -0.15) is 4.80 Å². The Bertz CT molecular complexity index is 716. The predicted octanol–water partition coefficient (Wildman–Crippen LogP) is 2.11. The van der Waals surface area contributed by atoms with E-state index in [2.05, 4.69) is 27.4 Å². The number of amides is 1. The third kappa shape index (κ3) is 4.16. The van der Waals surface area contributed by atoms with E-state index in [1.165, 1.54) is 4.80 Å².